The predicted octanol–water partition coefficient (Wildman–Crippen LogP) is 4.24. The number of rotatable bonds is 5. The third-order valence-corrected chi connectivity index (χ3v) is 4.83. The standard InChI is InChI=1S/C18H33N3/c1-12(2)10-19-11-18-15(5)20-21(16(18)6)17-8-13(3)7-14(4)9-17/h12-14,17,19H,7-11H2,1-6H3. The van der Waals surface area contributed by atoms with Crippen molar-refractivity contribution in [2.75, 3.05) is 6.54 Å². The maximum Gasteiger partial charge on any atom is 0.0641 e. The zero-order chi connectivity index (χ0) is 15.6. The fraction of sp³-hybridized carbons (Fsp3) is 0.833. The third-order valence-electron chi connectivity index (χ3n) is 4.83. The second-order valence-corrected chi connectivity index (χ2v) is 7.69. The third kappa shape index (κ3) is 4.09. The van der Waals surface area contributed by atoms with E-state index < -0.39 is 0 Å². The molecule has 1 saturated carbocycles. The molecule has 0 bridgehead atoms. The predicted molar refractivity (Wildman–Crippen MR) is 89.5 cm³/mol. The molecule has 3 heteroatoms. The van der Waals surface area contributed by atoms with E-state index in [1.165, 1.54) is 36.2 Å². The summed E-state index contributed by atoms with van der Waals surface area (Å²) in [4.78, 5) is 0. The van der Waals surface area contributed by atoms with Gasteiger partial charge in [0.2, 0.25) is 0 Å². The molecule has 0 radical (unpaired) electrons. The van der Waals surface area contributed by atoms with Crippen LogP contribution in [0.5, 0.6) is 0 Å². The lowest BCUT2D eigenvalue weighted by Crippen LogP contribution is -2.24. The number of nitrogens with one attached hydrogen (secondary N) is 1. The van der Waals surface area contributed by atoms with Crippen LogP contribution < -0.4 is 5.32 Å². The first-order chi connectivity index (χ1) is 9.88. The molecule has 1 fully saturated rings. The van der Waals surface area contributed by atoms with Gasteiger partial charge in [-0.3, -0.25) is 4.68 Å². The smallest absolute Gasteiger partial charge is 0.0641 e. The Morgan fingerprint density at radius 2 is 1.76 bits per heavy atom. The summed E-state index contributed by atoms with van der Waals surface area (Å²) in [6.45, 7) is 15.7. The highest BCUT2D eigenvalue weighted by Gasteiger charge is 2.27. The lowest BCUT2D eigenvalue weighted by molar-refractivity contribution is 0.207. The Kier molecular flexibility index (Phi) is 5.48. The van der Waals surface area contributed by atoms with Gasteiger partial charge in [-0.1, -0.05) is 27.7 Å². The van der Waals surface area contributed by atoms with Crippen LogP contribution >= 0.6 is 0 Å². The van der Waals surface area contributed by atoms with E-state index in [0.717, 1.165) is 24.9 Å². The summed E-state index contributed by atoms with van der Waals surface area (Å²) in [7, 11) is 0. The molecule has 1 aromatic heterocycles. The van der Waals surface area contributed by atoms with E-state index in [9.17, 15) is 0 Å². The maximum absolute atomic E-state index is 4.88. The molecule has 0 saturated heterocycles. The maximum atomic E-state index is 4.88. The van der Waals surface area contributed by atoms with Gasteiger partial charge in [-0.15, -0.1) is 0 Å². The normalized spacial score (nSPS) is 26.5. The zero-order valence-electron chi connectivity index (χ0n) is 14.7. The lowest BCUT2D eigenvalue weighted by Gasteiger charge is -2.32. The summed E-state index contributed by atoms with van der Waals surface area (Å²) in [5.41, 5.74) is 3.98. The first kappa shape index (κ1) is 16.5. The van der Waals surface area contributed by atoms with Gasteiger partial charge in [0.1, 0.15) is 0 Å². The Hall–Kier alpha value is -0.830. The van der Waals surface area contributed by atoms with Crippen molar-refractivity contribution in [2.24, 2.45) is 17.8 Å². The van der Waals surface area contributed by atoms with Gasteiger partial charge in [-0.2, -0.15) is 5.10 Å². The van der Waals surface area contributed by atoms with Gasteiger partial charge >= 0.3 is 0 Å². The SMILES string of the molecule is Cc1nn(C2CC(C)CC(C)C2)c(C)c1CNCC(C)C. The van der Waals surface area contributed by atoms with Crippen LogP contribution in [0.3, 0.4) is 0 Å². The summed E-state index contributed by atoms with van der Waals surface area (Å²) in [5.74, 6) is 2.34. The van der Waals surface area contributed by atoms with Gasteiger partial charge in [-0.25, -0.2) is 0 Å². The summed E-state index contributed by atoms with van der Waals surface area (Å²) >= 11 is 0. The number of nitrogens with zero attached hydrogens (tertiary/aromatic N) is 2. The van der Waals surface area contributed by atoms with Crippen LogP contribution in [-0.4, -0.2) is 16.3 Å². The van der Waals surface area contributed by atoms with E-state index in [4.69, 9.17) is 5.10 Å². The van der Waals surface area contributed by atoms with Gasteiger partial charge in [0.15, 0.2) is 0 Å². The van der Waals surface area contributed by atoms with Crippen molar-refractivity contribution in [2.45, 2.75) is 73.4 Å². The molecule has 2 unspecified atom stereocenters. The Morgan fingerprint density at radius 3 is 2.33 bits per heavy atom. The summed E-state index contributed by atoms with van der Waals surface area (Å²) in [6.07, 6.45) is 3.94. The van der Waals surface area contributed by atoms with E-state index in [0.29, 0.717) is 12.0 Å². The van der Waals surface area contributed by atoms with E-state index in [1.807, 2.05) is 0 Å². The number of aryl methyl sites for hydroxylation is 1. The molecule has 1 aromatic rings. The van der Waals surface area contributed by atoms with E-state index >= 15 is 0 Å². The average molecular weight is 291 g/mol. The molecule has 120 valence electrons. The first-order valence-electron chi connectivity index (χ1n) is 8.63. The Labute approximate surface area is 130 Å². The molecule has 1 aliphatic carbocycles. The Balaban J connectivity index is 2.10. The molecular weight excluding hydrogens is 258 g/mol. The second kappa shape index (κ2) is 6.95. The molecule has 1 N–H and O–H groups in total. The highest BCUT2D eigenvalue weighted by Crippen LogP contribution is 2.36. The molecule has 2 rings (SSSR count). The van der Waals surface area contributed by atoms with E-state index in [2.05, 4.69) is 51.5 Å². The zero-order valence-corrected chi connectivity index (χ0v) is 14.7. The highest BCUT2D eigenvalue weighted by atomic mass is 15.3. The molecule has 0 aliphatic heterocycles. The number of hydrogen-bond acceptors (Lipinski definition) is 2. The van der Waals surface area contributed by atoms with E-state index in [1.54, 1.807) is 0 Å². The van der Waals surface area contributed by atoms with Crippen LogP contribution in [0.2, 0.25) is 0 Å². The monoisotopic (exact) mass is 291 g/mol. The largest absolute Gasteiger partial charge is 0.312 e. The van der Waals surface area contributed by atoms with Crippen LogP contribution in [0.4, 0.5) is 0 Å². The highest BCUT2D eigenvalue weighted by molar-refractivity contribution is 5.25. The average Bonchev–Trinajstić information content (AvgIpc) is 2.65. The minimum Gasteiger partial charge on any atom is -0.312 e. The van der Waals surface area contributed by atoms with Gasteiger partial charge in [0.05, 0.1) is 11.7 Å². The summed E-state index contributed by atoms with van der Waals surface area (Å²) in [6, 6.07) is 0.598. The molecule has 0 aromatic carbocycles. The first-order valence-corrected chi connectivity index (χ1v) is 8.63. The topological polar surface area (TPSA) is 29.9 Å². The van der Waals surface area contributed by atoms with Crippen LogP contribution in [0.15, 0.2) is 0 Å². The van der Waals surface area contributed by atoms with Crippen LogP contribution in [0.1, 0.15) is 70.0 Å². The van der Waals surface area contributed by atoms with Crippen molar-refractivity contribution >= 4 is 0 Å². The van der Waals surface area contributed by atoms with Crippen molar-refractivity contribution in [1.29, 1.82) is 0 Å². The van der Waals surface area contributed by atoms with Crippen LogP contribution in [0, 0.1) is 31.6 Å². The minimum absolute atomic E-state index is 0.598. The quantitative estimate of drug-likeness (QED) is 0.879. The van der Waals surface area contributed by atoms with Crippen molar-refractivity contribution in [1.82, 2.24) is 15.1 Å². The van der Waals surface area contributed by atoms with Crippen molar-refractivity contribution in [3.05, 3.63) is 17.0 Å². The van der Waals surface area contributed by atoms with Gasteiger partial charge in [0.25, 0.3) is 0 Å². The molecule has 1 aliphatic rings. The van der Waals surface area contributed by atoms with Crippen molar-refractivity contribution in [3.8, 4) is 0 Å². The molecule has 0 amide bonds. The van der Waals surface area contributed by atoms with Crippen LogP contribution in [0.25, 0.3) is 0 Å². The molecule has 2 atom stereocenters. The van der Waals surface area contributed by atoms with Crippen molar-refractivity contribution < 1.29 is 0 Å². The molecule has 1 heterocycles. The second-order valence-electron chi connectivity index (χ2n) is 7.69. The lowest BCUT2D eigenvalue weighted by atomic mass is 9.80. The van der Waals surface area contributed by atoms with Gasteiger partial charge in [0, 0.05) is 17.8 Å². The van der Waals surface area contributed by atoms with Gasteiger partial charge in [-0.05, 0) is 57.4 Å². The number of aromatic nitrogens is 2. The summed E-state index contributed by atoms with van der Waals surface area (Å²) in [5, 5.41) is 8.44. The fourth-order valence-corrected chi connectivity index (χ4v) is 3.90. The number of hydrogen-bond donors (Lipinski definition) is 1. The fourth-order valence-electron chi connectivity index (χ4n) is 3.90. The van der Waals surface area contributed by atoms with Gasteiger partial charge < -0.3 is 5.32 Å². The molecule has 0 spiro atoms. The van der Waals surface area contributed by atoms with Crippen molar-refractivity contribution in [3.63, 3.8) is 0 Å². The molecule has 3 nitrogen and oxygen atoms in total. The molecule has 21 heavy (non-hydrogen) atoms. The van der Waals surface area contributed by atoms with E-state index in [-0.39, 0.29) is 0 Å². The molecular formula is C18H33N3. The Morgan fingerprint density at radius 1 is 1.14 bits per heavy atom. The Bertz CT molecular complexity index is 451. The summed E-state index contributed by atoms with van der Waals surface area (Å²) < 4.78 is 2.33. The van der Waals surface area contributed by atoms with Crippen LogP contribution in [-0.2, 0) is 6.54 Å². The minimum atomic E-state index is 0.598.